The predicted octanol–water partition coefficient (Wildman–Crippen LogP) is 1.55. The quantitative estimate of drug-likeness (QED) is 0.895. The van der Waals surface area contributed by atoms with Gasteiger partial charge in [0.05, 0.1) is 11.4 Å². The number of aliphatic hydroxyl groups is 1. The lowest BCUT2D eigenvalue weighted by atomic mass is 9.97. The van der Waals surface area contributed by atoms with Gasteiger partial charge in [0.15, 0.2) is 0 Å². The van der Waals surface area contributed by atoms with Crippen molar-refractivity contribution in [3.05, 3.63) is 29.8 Å². The van der Waals surface area contributed by atoms with Gasteiger partial charge >= 0.3 is 0 Å². The van der Waals surface area contributed by atoms with E-state index in [4.69, 9.17) is 4.74 Å². The molecule has 118 valence electrons. The zero-order valence-electron chi connectivity index (χ0n) is 12.6. The molecule has 1 N–H and O–H groups in total. The van der Waals surface area contributed by atoms with Crippen LogP contribution < -0.4 is 4.74 Å². The number of ether oxygens (including phenoxy) is 1. The maximum absolute atomic E-state index is 12.3. The van der Waals surface area contributed by atoms with Gasteiger partial charge in [0.25, 0.3) is 0 Å². The highest BCUT2D eigenvalue weighted by molar-refractivity contribution is 7.89. The van der Waals surface area contributed by atoms with Crippen LogP contribution >= 0.6 is 0 Å². The van der Waals surface area contributed by atoms with Gasteiger partial charge in [0, 0.05) is 13.1 Å². The molecule has 1 aromatic rings. The minimum absolute atomic E-state index is 0.0725. The molecule has 1 saturated heterocycles. The van der Waals surface area contributed by atoms with Gasteiger partial charge in [-0.1, -0.05) is 17.7 Å². The van der Waals surface area contributed by atoms with E-state index < -0.39 is 15.6 Å². The van der Waals surface area contributed by atoms with Crippen molar-refractivity contribution < 1.29 is 18.3 Å². The Morgan fingerprint density at radius 1 is 1.33 bits per heavy atom. The molecule has 1 fully saturated rings. The summed E-state index contributed by atoms with van der Waals surface area (Å²) < 4.78 is 31.3. The summed E-state index contributed by atoms with van der Waals surface area (Å²) in [5.41, 5.74) is 0.203. The van der Waals surface area contributed by atoms with Crippen molar-refractivity contribution >= 4 is 10.0 Å². The molecule has 0 bridgehead atoms. The van der Waals surface area contributed by atoms with Crippen molar-refractivity contribution in [3.63, 3.8) is 0 Å². The van der Waals surface area contributed by atoms with Crippen LogP contribution in [0.2, 0.25) is 0 Å². The Labute approximate surface area is 126 Å². The first-order valence-corrected chi connectivity index (χ1v) is 8.79. The molecule has 0 spiro atoms. The standard InChI is InChI=1S/C15H23NO4S/c1-13-4-6-14(7-5-13)20-10-11-21(18,19)16-9-3-8-15(2,17)12-16/h4-7,17H,3,8-12H2,1-2H3/t15-/m0/s1. The first-order chi connectivity index (χ1) is 9.78. The number of piperidine rings is 1. The van der Waals surface area contributed by atoms with Crippen molar-refractivity contribution in [1.29, 1.82) is 0 Å². The second kappa shape index (κ2) is 6.34. The first kappa shape index (κ1) is 16.3. The van der Waals surface area contributed by atoms with E-state index in [-0.39, 0.29) is 18.9 Å². The summed E-state index contributed by atoms with van der Waals surface area (Å²) in [6.07, 6.45) is 1.32. The first-order valence-electron chi connectivity index (χ1n) is 7.18. The topological polar surface area (TPSA) is 66.8 Å². The maximum atomic E-state index is 12.3. The molecule has 1 atom stereocenters. The Kier molecular flexibility index (Phi) is 4.91. The van der Waals surface area contributed by atoms with Crippen molar-refractivity contribution in [3.8, 4) is 5.75 Å². The number of β-amino-alcohol motifs (C(OH)–C–C–N with tert-alkyl or cyclic N) is 1. The zero-order chi connectivity index (χ0) is 15.5. The summed E-state index contributed by atoms with van der Waals surface area (Å²) in [6.45, 7) is 4.42. The fourth-order valence-electron chi connectivity index (χ4n) is 2.44. The van der Waals surface area contributed by atoms with E-state index in [9.17, 15) is 13.5 Å². The van der Waals surface area contributed by atoms with Crippen LogP contribution in [0.15, 0.2) is 24.3 Å². The predicted molar refractivity (Wildman–Crippen MR) is 81.9 cm³/mol. The number of hydrogen-bond donors (Lipinski definition) is 1. The summed E-state index contributed by atoms with van der Waals surface area (Å²) in [5, 5.41) is 10.0. The van der Waals surface area contributed by atoms with E-state index in [1.54, 1.807) is 6.92 Å². The largest absolute Gasteiger partial charge is 0.492 e. The Morgan fingerprint density at radius 2 is 2.00 bits per heavy atom. The molecule has 1 aromatic carbocycles. The summed E-state index contributed by atoms with van der Waals surface area (Å²) in [6, 6.07) is 7.50. The molecular weight excluding hydrogens is 290 g/mol. The molecule has 0 unspecified atom stereocenters. The molecule has 21 heavy (non-hydrogen) atoms. The number of nitrogens with zero attached hydrogens (tertiary/aromatic N) is 1. The highest BCUT2D eigenvalue weighted by atomic mass is 32.2. The Bertz CT molecular complexity index is 566. The van der Waals surface area contributed by atoms with Crippen LogP contribution in [0.1, 0.15) is 25.3 Å². The van der Waals surface area contributed by atoms with Gasteiger partial charge in [-0.3, -0.25) is 0 Å². The highest BCUT2D eigenvalue weighted by Gasteiger charge is 2.34. The lowest BCUT2D eigenvalue weighted by Gasteiger charge is -2.35. The molecule has 5 nitrogen and oxygen atoms in total. The average Bonchev–Trinajstić information content (AvgIpc) is 2.40. The SMILES string of the molecule is Cc1ccc(OCCS(=O)(=O)N2CCC[C@](C)(O)C2)cc1. The second-order valence-corrected chi connectivity index (χ2v) is 8.00. The lowest BCUT2D eigenvalue weighted by Crippen LogP contribution is -2.49. The minimum atomic E-state index is -3.38. The van der Waals surface area contributed by atoms with Gasteiger partial charge in [-0.15, -0.1) is 0 Å². The number of benzene rings is 1. The van der Waals surface area contributed by atoms with Crippen molar-refractivity contribution in [2.24, 2.45) is 0 Å². The number of aryl methyl sites for hydroxylation is 1. The highest BCUT2D eigenvalue weighted by Crippen LogP contribution is 2.22. The smallest absolute Gasteiger partial charge is 0.217 e. The second-order valence-electron chi connectivity index (χ2n) is 5.91. The number of hydrogen-bond acceptors (Lipinski definition) is 4. The third kappa shape index (κ3) is 4.69. The van der Waals surface area contributed by atoms with Crippen LogP contribution in [0.3, 0.4) is 0 Å². The molecule has 0 saturated carbocycles. The van der Waals surface area contributed by atoms with Crippen LogP contribution in [0.25, 0.3) is 0 Å². The van der Waals surface area contributed by atoms with E-state index in [1.165, 1.54) is 4.31 Å². The van der Waals surface area contributed by atoms with Gasteiger partial charge in [0.1, 0.15) is 12.4 Å². The zero-order valence-corrected chi connectivity index (χ0v) is 13.4. The third-order valence-corrected chi connectivity index (χ3v) is 5.45. The van der Waals surface area contributed by atoms with Gasteiger partial charge < -0.3 is 9.84 Å². The Morgan fingerprint density at radius 3 is 2.62 bits per heavy atom. The fourth-order valence-corrected chi connectivity index (χ4v) is 3.87. The van der Waals surface area contributed by atoms with Gasteiger partial charge in [-0.25, -0.2) is 8.42 Å². The van der Waals surface area contributed by atoms with Gasteiger partial charge in [-0.05, 0) is 38.8 Å². The van der Waals surface area contributed by atoms with Gasteiger partial charge in [-0.2, -0.15) is 4.31 Å². The summed E-state index contributed by atoms with van der Waals surface area (Å²) >= 11 is 0. The third-order valence-electron chi connectivity index (χ3n) is 3.66. The van der Waals surface area contributed by atoms with E-state index in [0.717, 1.165) is 5.56 Å². The summed E-state index contributed by atoms with van der Waals surface area (Å²) in [5.74, 6) is 0.596. The Balaban J connectivity index is 1.88. The van der Waals surface area contributed by atoms with Crippen molar-refractivity contribution in [2.45, 2.75) is 32.3 Å². The van der Waals surface area contributed by atoms with Crippen LogP contribution in [0, 0.1) is 6.92 Å². The maximum Gasteiger partial charge on any atom is 0.217 e. The molecule has 1 aliphatic heterocycles. The van der Waals surface area contributed by atoms with Crippen LogP contribution in [0.5, 0.6) is 5.75 Å². The molecule has 0 radical (unpaired) electrons. The van der Waals surface area contributed by atoms with E-state index in [1.807, 2.05) is 31.2 Å². The average molecular weight is 313 g/mol. The van der Waals surface area contributed by atoms with Crippen LogP contribution in [-0.4, -0.2) is 48.9 Å². The molecular formula is C15H23NO4S. The van der Waals surface area contributed by atoms with Crippen molar-refractivity contribution in [2.75, 3.05) is 25.4 Å². The fraction of sp³-hybridized carbons (Fsp3) is 0.600. The molecule has 0 amide bonds. The van der Waals surface area contributed by atoms with Crippen LogP contribution in [-0.2, 0) is 10.0 Å². The molecule has 2 rings (SSSR count). The molecule has 1 heterocycles. The number of sulfonamides is 1. The summed E-state index contributed by atoms with van der Waals surface area (Å²) in [7, 11) is -3.38. The number of rotatable bonds is 5. The van der Waals surface area contributed by atoms with E-state index in [0.29, 0.717) is 25.1 Å². The lowest BCUT2D eigenvalue weighted by molar-refractivity contribution is 0.00933. The Hall–Kier alpha value is -1.11. The summed E-state index contributed by atoms with van der Waals surface area (Å²) in [4.78, 5) is 0. The molecule has 6 heteroatoms. The van der Waals surface area contributed by atoms with Crippen LogP contribution in [0.4, 0.5) is 0 Å². The molecule has 1 aliphatic rings. The minimum Gasteiger partial charge on any atom is -0.492 e. The monoisotopic (exact) mass is 313 g/mol. The molecule has 0 aromatic heterocycles. The normalized spacial score (nSPS) is 24.0. The molecule has 0 aliphatic carbocycles. The van der Waals surface area contributed by atoms with Gasteiger partial charge in [0.2, 0.25) is 10.0 Å². The van der Waals surface area contributed by atoms with E-state index >= 15 is 0 Å². The van der Waals surface area contributed by atoms with E-state index in [2.05, 4.69) is 0 Å². The van der Waals surface area contributed by atoms with Crippen molar-refractivity contribution in [1.82, 2.24) is 4.31 Å².